The van der Waals surface area contributed by atoms with Crippen molar-refractivity contribution in [2.45, 2.75) is 53.0 Å². The van der Waals surface area contributed by atoms with E-state index in [4.69, 9.17) is 5.73 Å². The van der Waals surface area contributed by atoms with E-state index in [1.807, 2.05) is 34.6 Å². The third-order valence-electron chi connectivity index (χ3n) is 2.89. The van der Waals surface area contributed by atoms with Crippen molar-refractivity contribution in [2.75, 3.05) is 18.8 Å². The van der Waals surface area contributed by atoms with Gasteiger partial charge in [-0.3, -0.25) is 0 Å². The van der Waals surface area contributed by atoms with Crippen molar-refractivity contribution in [3.8, 4) is 0 Å². The van der Waals surface area contributed by atoms with E-state index >= 15 is 0 Å². The molecule has 104 valence electrons. The van der Waals surface area contributed by atoms with E-state index in [9.17, 15) is 8.42 Å². The molecule has 0 aromatic carbocycles. The number of hydrogen-bond donors (Lipinski definition) is 1. The summed E-state index contributed by atoms with van der Waals surface area (Å²) in [6, 6.07) is 0. The molecule has 0 aliphatic carbocycles. The molecule has 0 aromatic rings. The molecule has 5 heteroatoms. The Hall–Kier alpha value is -0.130. The Morgan fingerprint density at radius 1 is 1.29 bits per heavy atom. The maximum atomic E-state index is 12.3. The van der Waals surface area contributed by atoms with E-state index in [0.717, 1.165) is 6.42 Å². The largest absolute Gasteiger partial charge is 0.329 e. The fraction of sp³-hybridized carbons (Fsp3) is 1.00. The molecule has 0 unspecified atom stereocenters. The molecular formula is C12H28N2O2S. The zero-order chi connectivity index (χ0) is 13.7. The van der Waals surface area contributed by atoms with Gasteiger partial charge < -0.3 is 5.73 Å². The number of sulfonamides is 1. The minimum atomic E-state index is -3.20. The molecule has 0 aliphatic rings. The van der Waals surface area contributed by atoms with Crippen LogP contribution in [0.4, 0.5) is 0 Å². The lowest BCUT2D eigenvalue weighted by Crippen LogP contribution is -2.53. The Kier molecular flexibility index (Phi) is 6.66. The van der Waals surface area contributed by atoms with E-state index in [2.05, 4.69) is 0 Å². The first kappa shape index (κ1) is 16.9. The summed E-state index contributed by atoms with van der Waals surface area (Å²) in [4.78, 5) is 0. The Morgan fingerprint density at radius 3 is 2.18 bits per heavy atom. The van der Waals surface area contributed by atoms with Crippen LogP contribution in [0.3, 0.4) is 0 Å². The molecule has 17 heavy (non-hydrogen) atoms. The second-order valence-electron chi connectivity index (χ2n) is 5.59. The van der Waals surface area contributed by atoms with Gasteiger partial charge in [-0.15, -0.1) is 0 Å². The molecule has 0 rings (SSSR count). The lowest BCUT2D eigenvalue weighted by atomic mass is 10.1. The molecule has 0 bridgehead atoms. The van der Waals surface area contributed by atoms with Crippen molar-refractivity contribution < 1.29 is 8.42 Å². The van der Waals surface area contributed by atoms with E-state index in [1.165, 1.54) is 0 Å². The molecule has 0 fully saturated rings. The summed E-state index contributed by atoms with van der Waals surface area (Å²) in [6.45, 7) is 10.7. The number of nitrogens with two attached hydrogens (primary N) is 1. The Balaban J connectivity index is 4.92. The van der Waals surface area contributed by atoms with E-state index in [-0.39, 0.29) is 5.75 Å². The average molecular weight is 264 g/mol. The van der Waals surface area contributed by atoms with Crippen LogP contribution in [0, 0.1) is 5.92 Å². The minimum absolute atomic E-state index is 0.216. The van der Waals surface area contributed by atoms with Gasteiger partial charge in [-0.25, -0.2) is 8.42 Å². The lowest BCUT2D eigenvalue weighted by molar-refractivity contribution is 0.234. The third kappa shape index (κ3) is 5.36. The normalized spacial score (nSPS) is 13.6. The molecule has 0 amide bonds. The fourth-order valence-corrected chi connectivity index (χ4v) is 3.90. The Labute approximate surface area is 107 Å². The first-order chi connectivity index (χ1) is 7.67. The van der Waals surface area contributed by atoms with Gasteiger partial charge in [-0.05, 0) is 32.6 Å². The highest BCUT2D eigenvalue weighted by molar-refractivity contribution is 7.89. The van der Waals surface area contributed by atoms with Crippen LogP contribution in [0.2, 0.25) is 0 Å². The highest BCUT2D eigenvalue weighted by atomic mass is 32.2. The molecule has 0 saturated heterocycles. The number of rotatable bonds is 8. The quantitative estimate of drug-likeness (QED) is 0.727. The van der Waals surface area contributed by atoms with Crippen molar-refractivity contribution >= 4 is 10.0 Å². The molecule has 0 aliphatic heterocycles. The Morgan fingerprint density at radius 2 is 1.82 bits per heavy atom. The molecule has 0 atom stereocenters. The summed E-state index contributed by atoms with van der Waals surface area (Å²) in [6.07, 6.45) is 1.51. The average Bonchev–Trinajstić information content (AvgIpc) is 2.23. The van der Waals surface area contributed by atoms with Crippen molar-refractivity contribution in [2.24, 2.45) is 11.7 Å². The standard InChI is InChI=1S/C12H28N2O2S/c1-6-8-14(12(4,5)10-13)17(15,16)9-7-11(2)3/h11H,6-10,13H2,1-5H3. The van der Waals surface area contributed by atoms with Crippen LogP contribution in [0.1, 0.15) is 47.5 Å². The van der Waals surface area contributed by atoms with Crippen LogP contribution in [-0.4, -0.2) is 37.1 Å². The minimum Gasteiger partial charge on any atom is -0.329 e. The van der Waals surface area contributed by atoms with Gasteiger partial charge in [-0.1, -0.05) is 20.8 Å². The van der Waals surface area contributed by atoms with Crippen LogP contribution >= 0.6 is 0 Å². The molecule has 2 N–H and O–H groups in total. The highest BCUT2D eigenvalue weighted by Crippen LogP contribution is 2.20. The molecule has 0 spiro atoms. The zero-order valence-corrected chi connectivity index (χ0v) is 12.7. The second kappa shape index (κ2) is 6.71. The van der Waals surface area contributed by atoms with Crippen LogP contribution in [0.25, 0.3) is 0 Å². The molecule has 0 heterocycles. The first-order valence-electron chi connectivity index (χ1n) is 6.38. The van der Waals surface area contributed by atoms with Gasteiger partial charge in [0.15, 0.2) is 0 Å². The summed E-state index contributed by atoms with van der Waals surface area (Å²) < 4.78 is 26.2. The maximum absolute atomic E-state index is 12.3. The molecular weight excluding hydrogens is 236 g/mol. The molecule has 0 aromatic heterocycles. The summed E-state index contributed by atoms with van der Waals surface area (Å²) in [5.74, 6) is 0.614. The van der Waals surface area contributed by atoms with Crippen LogP contribution in [-0.2, 0) is 10.0 Å². The molecule has 4 nitrogen and oxygen atoms in total. The second-order valence-corrected chi connectivity index (χ2v) is 7.60. The van der Waals surface area contributed by atoms with Gasteiger partial charge in [0, 0.05) is 18.6 Å². The van der Waals surface area contributed by atoms with Gasteiger partial charge in [0.05, 0.1) is 5.75 Å². The topological polar surface area (TPSA) is 63.4 Å². The van der Waals surface area contributed by atoms with Crippen molar-refractivity contribution in [1.82, 2.24) is 4.31 Å². The van der Waals surface area contributed by atoms with E-state index in [0.29, 0.717) is 25.4 Å². The predicted octanol–water partition coefficient (Wildman–Crippen LogP) is 1.81. The first-order valence-corrected chi connectivity index (χ1v) is 7.99. The SMILES string of the molecule is CCCN(C(C)(C)CN)S(=O)(=O)CCC(C)C. The highest BCUT2D eigenvalue weighted by Gasteiger charge is 2.34. The fourth-order valence-electron chi connectivity index (χ4n) is 1.62. The summed E-state index contributed by atoms with van der Waals surface area (Å²) >= 11 is 0. The van der Waals surface area contributed by atoms with Gasteiger partial charge in [-0.2, -0.15) is 4.31 Å². The predicted molar refractivity (Wildman–Crippen MR) is 73.4 cm³/mol. The van der Waals surface area contributed by atoms with Crippen molar-refractivity contribution in [3.05, 3.63) is 0 Å². The summed E-state index contributed by atoms with van der Waals surface area (Å²) in [5, 5.41) is 0. The molecule has 0 saturated carbocycles. The van der Waals surface area contributed by atoms with Crippen LogP contribution in [0.5, 0.6) is 0 Å². The maximum Gasteiger partial charge on any atom is 0.214 e. The Bertz CT molecular complexity index is 310. The number of nitrogens with zero attached hydrogens (tertiary/aromatic N) is 1. The third-order valence-corrected chi connectivity index (χ3v) is 4.99. The van der Waals surface area contributed by atoms with E-state index in [1.54, 1.807) is 4.31 Å². The van der Waals surface area contributed by atoms with Crippen LogP contribution < -0.4 is 5.73 Å². The zero-order valence-electron chi connectivity index (χ0n) is 11.9. The summed E-state index contributed by atoms with van der Waals surface area (Å²) in [5.41, 5.74) is 5.19. The lowest BCUT2D eigenvalue weighted by Gasteiger charge is -2.36. The van der Waals surface area contributed by atoms with Gasteiger partial charge >= 0.3 is 0 Å². The van der Waals surface area contributed by atoms with E-state index < -0.39 is 15.6 Å². The molecule has 0 radical (unpaired) electrons. The van der Waals surface area contributed by atoms with Gasteiger partial charge in [0.1, 0.15) is 0 Å². The van der Waals surface area contributed by atoms with Crippen molar-refractivity contribution in [1.29, 1.82) is 0 Å². The van der Waals surface area contributed by atoms with Crippen molar-refractivity contribution in [3.63, 3.8) is 0 Å². The smallest absolute Gasteiger partial charge is 0.214 e. The van der Waals surface area contributed by atoms with Crippen LogP contribution in [0.15, 0.2) is 0 Å². The number of hydrogen-bond acceptors (Lipinski definition) is 3. The van der Waals surface area contributed by atoms with Gasteiger partial charge in [0.25, 0.3) is 0 Å². The summed E-state index contributed by atoms with van der Waals surface area (Å²) in [7, 11) is -3.20. The monoisotopic (exact) mass is 264 g/mol. The van der Waals surface area contributed by atoms with Gasteiger partial charge in [0.2, 0.25) is 10.0 Å².